The van der Waals surface area contributed by atoms with Gasteiger partial charge in [-0.25, -0.2) is 5.84 Å². The highest BCUT2D eigenvalue weighted by atomic mass is 16.4. The van der Waals surface area contributed by atoms with Crippen molar-refractivity contribution >= 4 is 17.1 Å². The monoisotopic (exact) mass is 205 g/mol. The summed E-state index contributed by atoms with van der Waals surface area (Å²) >= 11 is 0. The number of anilines is 1. The Hall–Kier alpha value is -1.55. The Balaban J connectivity index is 2.37. The van der Waals surface area contributed by atoms with Crippen molar-refractivity contribution in [2.45, 2.75) is 20.3 Å². The molecule has 0 fully saturated rings. The fraction of sp³-hybridized carbons (Fsp3) is 0.364. The van der Waals surface area contributed by atoms with Crippen molar-refractivity contribution < 1.29 is 4.42 Å². The van der Waals surface area contributed by atoms with Crippen molar-refractivity contribution in [1.82, 2.24) is 4.98 Å². The number of hydrazine groups is 1. The van der Waals surface area contributed by atoms with E-state index < -0.39 is 0 Å². The predicted octanol–water partition coefficient (Wildman–Crippen LogP) is 2.31. The van der Waals surface area contributed by atoms with E-state index in [-0.39, 0.29) is 0 Å². The first-order valence-corrected chi connectivity index (χ1v) is 5.05. The quantitative estimate of drug-likeness (QED) is 0.596. The molecule has 0 bridgehead atoms. The fourth-order valence-corrected chi connectivity index (χ4v) is 1.63. The minimum absolute atomic E-state index is 0.353. The van der Waals surface area contributed by atoms with Gasteiger partial charge >= 0.3 is 6.01 Å². The van der Waals surface area contributed by atoms with Gasteiger partial charge in [-0.3, -0.25) is 5.43 Å². The number of rotatable bonds is 3. The molecule has 0 unspecified atom stereocenters. The summed E-state index contributed by atoms with van der Waals surface area (Å²) in [6.45, 7) is 4.39. The number of oxazole rings is 1. The van der Waals surface area contributed by atoms with Crippen LogP contribution in [0.3, 0.4) is 0 Å². The van der Waals surface area contributed by atoms with Crippen LogP contribution in [0.2, 0.25) is 0 Å². The molecule has 0 saturated carbocycles. The lowest BCUT2D eigenvalue weighted by Gasteiger charge is -2.03. The Morgan fingerprint density at radius 3 is 2.93 bits per heavy atom. The van der Waals surface area contributed by atoms with E-state index in [9.17, 15) is 0 Å². The Morgan fingerprint density at radius 1 is 1.47 bits per heavy atom. The molecule has 0 atom stereocenters. The Labute approximate surface area is 88.4 Å². The lowest BCUT2D eigenvalue weighted by atomic mass is 10.0. The average molecular weight is 205 g/mol. The van der Waals surface area contributed by atoms with Gasteiger partial charge in [0.2, 0.25) is 0 Å². The molecule has 2 rings (SSSR count). The Bertz CT molecular complexity index is 462. The number of aromatic nitrogens is 1. The van der Waals surface area contributed by atoms with Crippen LogP contribution < -0.4 is 11.3 Å². The molecule has 4 nitrogen and oxygen atoms in total. The molecule has 0 amide bonds. The number of nitrogen functional groups attached to an aromatic ring is 1. The van der Waals surface area contributed by atoms with Gasteiger partial charge in [0.25, 0.3) is 0 Å². The molecule has 0 spiro atoms. The average Bonchev–Trinajstić information content (AvgIpc) is 2.58. The van der Waals surface area contributed by atoms with E-state index in [1.807, 2.05) is 12.1 Å². The minimum atomic E-state index is 0.353. The van der Waals surface area contributed by atoms with Crippen LogP contribution in [0.4, 0.5) is 6.01 Å². The molecule has 2 aromatic rings. The summed E-state index contributed by atoms with van der Waals surface area (Å²) in [6.07, 6.45) is 1.05. The van der Waals surface area contributed by atoms with E-state index in [1.54, 1.807) is 0 Å². The summed E-state index contributed by atoms with van der Waals surface area (Å²) < 4.78 is 5.33. The van der Waals surface area contributed by atoms with Gasteiger partial charge in [0.05, 0.1) is 0 Å². The van der Waals surface area contributed by atoms with E-state index in [2.05, 4.69) is 30.3 Å². The maximum Gasteiger partial charge on any atom is 0.310 e. The molecule has 1 heterocycles. The first-order valence-electron chi connectivity index (χ1n) is 5.05. The molecule has 0 aliphatic rings. The van der Waals surface area contributed by atoms with Crippen molar-refractivity contribution in [3.63, 3.8) is 0 Å². The summed E-state index contributed by atoms with van der Waals surface area (Å²) in [7, 11) is 0. The SMILES string of the molecule is CC(C)Cc1ccc2oc(NN)nc2c1. The predicted molar refractivity (Wildman–Crippen MR) is 60.4 cm³/mol. The van der Waals surface area contributed by atoms with Crippen molar-refractivity contribution in [1.29, 1.82) is 0 Å². The third-order valence-corrected chi connectivity index (χ3v) is 2.22. The zero-order valence-corrected chi connectivity index (χ0v) is 8.95. The number of nitrogens with zero attached hydrogens (tertiary/aromatic N) is 1. The number of hydrogen-bond donors (Lipinski definition) is 2. The van der Waals surface area contributed by atoms with E-state index in [0.717, 1.165) is 17.5 Å². The number of nitrogens with one attached hydrogen (secondary N) is 1. The smallest absolute Gasteiger partial charge is 0.310 e. The van der Waals surface area contributed by atoms with Gasteiger partial charge in [0, 0.05) is 0 Å². The molecule has 80 valence electrons. The molecule has 1 aromatic carbocycles. The highest BCUT2D eigenvalue weighted by Crippen LogP contribution is 2.20. The summed E-state index contributed by atoms with van der Waals surface area (Å²) in [6, 6.07) is 6.39. The van der Waals surface area contributed by atoms with Crippen LogP contribution in [-0.4, -0.2) is 4.98 Å². The minimum Gasteiger partial charge on any atom is -0.423 e. The lowest BCUT2D eigenvalue weighted by molar-refractivity contribution is 0.616. The summed E-state index contributed by atoms with van der Waals surface area (Å²) in [5.74, 6) is 5.87. The van der Waals surface area contributed by atoms with Crippen molar-refractivity contribution in [2.75, 3.05) is 5.43 Å². The zero-order chi connectivity index (χ0) is 10.8. The third kappa shape index (κ3) is 2.10. The van der Waals surface area contributed by atoms with Crippen LogP contribution in [-0.2, 0) is 6.42 Å². The molecule has 3 N–H and O–H groups in total. The molecule has 1 aromatic heterocycles. The van der Waals surface area contributed by atoms with Gasteiger partial charge in [-0.2, -0.15) is 4.98 Å². The highest BCUT2D eigenvalue weighted by molar-refractivity contribution is 5.75. The lowest BCUT2D eigenvalue weighted by Crippen LogP contribution is -2.06. The molecule has 0 radical (unpaired) electrons. The molecule has 4 heteroatoms. The first kappa shape index (κ1) is 9.98. The maximum absolute atomic E-state index is 5.33. The van der Waals surface area contributed by atoms with E-state index in [0.29, 0.717) is 11.9 Å². The van der Waals surface area contributed by atoms with Crippen LogP contribution in [0.5, 0.6) is 0 Å². The maximum atomic E-state index is 5.33. The molecular formula is C11H15N3O. The van der Waals surface area contributed by atoms with Gasteiger partial charge in [-0.05, 0) is 30.0 Å². The largest absolute Gasteiger partial charge is 0.423 e. The normalized spacial score (nSPS) is 11.2. The fourth-order valence-electron chi connectivity index (χ4n) is 1.63. The van der Waals surface area contributed by atoms with Gasteiger partial charge in [0.15, 0.2) is 5.58 Å². The second kappa shape index (κ2) is 3.90. The van der Waals surface area contributed by atoms with Crippen LogP contribution in [0, 0.1) is 5.92 Å². The second-order valence-corrected chi connectivity index (χ2v) is 4.06. The van der Waals surface area contributed by atoms with Gasteiger partial charge in [-0.1, -0.05) is 19.9 Å². The van der Waals surface area contributed by atoms with E-state index in [1.165, 1.54) is 5.56 Å². The van der Waals surface area contributed by atoms with E-state index in [4.69, 9.17) is 10.3 Å². The van der Waals surface area contributed by atoms with Gasteiger partial charge in [-0.15, -0.1) is 0 Å². The molecular weight excluding hydrogens is 190 g/mol. The molecule has 0 aliphatic carbocycles. The van der Waals surface area contributed by atoms with Crippen molar-refractivity contribution in [3.05, 3.63) is 23.8 Å². The zero-order valence-electron chi connectivity index (χ0n) is 8.95. The van der Waals surface area contributed by atoms with Crippen LogP contribution in [0.1, 0.15) is 19.4 Å². The summed E-state index contributed by atoms with van der Waals surface area (Å²) in [5.41, 5.74) is 5.28. The summed E-state index contributed by atoms with van der Waals surface area (Å²) in [5, 5.41) is 0. The van der Waals surface area contributed by atoms with Gasteiger partial charge < -0.3 is 4.42 Å². The van der Waals surface area contributed by atoms with Crippen LogP contribution >= 0.6 is 0 Å². The van der Waals surface area contributed by atoms with Crippen LogP contribution in [0.25, 0.3) is 11.1 Å². The first-order chi connectivity index (χ1) is 7.19. The van der Waals surface area contributed by atoms with Crippen molar-refractivity contribution in [2.24, 2.45) is 11.8 Å². The van der Waals surface area contributed by atoms with Gasteiger partial charge in [0.1, 0.15) is 5.52 Å². The Kier molecular flexibility index (Phi) is 2.60. The topological polar surface area (TPSA) is 64.1 Å². The van der Waals surface area contributed by atoms with Crippen LogP contribution in [0.15, 0.2) is 22.6 Å². The highest BCUT2D eigenvalue weighted by Gasteiger charge is 2.05. The third-order valence-electron chi connectivity index (χ3n) is 2.22. The number of hydrogen-bond acceptors (Lipinski definition) is 4. The molecule has 0 aliphatic heterocycles. The van der Waals surface area contributed by atoms with E-state index >= 15 is 0 Å². The number of nitrogens with two attached hydrogens (primary N) is 1. The second-order valence-electron chi connectivity index (χ2n) is 4.06. The molecule has 0 saturated heterocycles. The standard InChI is InChI=1S/C11H15N3O/c1-7(2)5-8-3-4-10-9(6-8)13-11(14-12)15-10/h3-4,6-7H,5,12H2,1-2H3,(H,13,14). The Morgan fingerprint density at radius 2 is 2.27 bits per heavy atom. The molecule has 15 heavy (non-hydrogen) atoms. The summed E-state index contributed by atoms with van der Waals surface area (Å²) in [4.78, 5) is 4.20. The van der Waals surface area contributed by atoms with Crippen molar-refractivity contribution in [3.8, 4) is 0 Å². The number of fused-ring (bicyclic) bond motifs is 1. The number of benzene rings is 1.